The molecule has 0 fully saturated rings. The lowest BCUT2D eigenvalue weighted by molar-refractivity contribution is -0.137. The van der Waals surface area contributed by atoms with Crippen LogP contribution in [0.1, 0.15) is 24.3 Å². The van der Waals surface area contributed by atoms with Crippen LogP contribution in [0.5, 0.6) is 0 Å². The predicted octanol–water partition coefficient (Wildman–Crippen LogP) is 3.37. The van der Waals surface area contributed by atoms with Gasteiger partial charge in [-0.05, 0) is 31.9 Å². The van der Waals surface area contributed by atoms with Crippen LogP contribution < -0.4 is 0 Å². The number of carboxylic acid groups (broad SMARTS) is 1. The van der Waals surface area contributed by atoms with Crippen molar-refractivity contribution < 1.29 is 14.3 Å². The van der Waals surface area contributed by atoms with Crippen LogP contribution in [0.15, 0.2) is 28.1 Å². The molecule has 104 valence electrons. The standard InChI is InChI=1S/C14H14N2O3S/c1-9-5-6-12(19-9)11-7-16-10(3-2-4-13(17)18)8-20-14(16)15-11/h5-8H,2-4H2,1H3,(H,17,18). The molecule has 6 heteroatoms. The van der Waals surface area contributed by atoms with E-state index in [0.717, 1.165) is 34.3 Å². The minimum Gasteiger partial charge on any atom is -0.481 e. The van der Waals surface area contributed by atoms with Crippen molar-refractivity contribution in [1.82, 2.24) is 9.38 Å². The average Bonchev–Trinajstić information content (AvgIpc) is 3.05. The molecule has 3 aromatic heterocycles. The molecule has 0 bridgehead atoms. The van der Waals surface area contributed by atoms with Gasteiger partial charge in [-0.15, -0.1) is 11.3 Å². The lowest BCUT2D eigenvalue weighted by atomic mass is 10.2. The number of rotatable bonds is 5. The normalized spacial score (nSPS) is 11.2. The van der Waals surface area contributed by atoms with Gasteiger partial charge in [0.2, 0.25) is 0 Å². The molecule has 0 aliphatic heterocycles. The third-order valence-corrected chi connectivity index (χ3v) is 3.99. The molecule has 0 saturated carbocycles. The van der Waals surface area contributed by atoms with Crippen molar-refractivity contribution in [1.29, 1.82) is 0 Å². The zero-order chi connectivity index (χ0) is 14.1. The van der Waals surface area contributed by atoms with Crippen LogP contribution in [0.4, 0.5) is 0 Å². The third-order valence-electron chi connectivity index (χ3n) is 3.10. The number of fused-ring (bicyclic) bond motifs is 1. The number of aryl methyl sites for hydroxylation is 2. The smallest absolute Gasteiger partial charge is 0.303 e. The maximum Gasteiger partial charge on any atom is 0.303 e. The van der Waals surface area contributed by atoms with E-state index < -0.39 is 5.97 Å². The molecule has 3 rings (SSSR count). The first kappa shape index (κ1) is 12.9. The molecule has 0 aliphatic carbocycles. The largest absolute Gasteiger partial charge is 0.481 e. The molecule has 3 aromatic rings. The summed E-state index contributed by atoms with van der Waals surface area (Å²) in [5.74, 6) is 0.863. The second kappa shape index (κ2) is 5.13. The molecule has 5 nitrogen and oxygen atoms in total. The molecule has 0 aromatic carbocycles. The third kappa shape index (κ3) is 2.46. The average molecular weight is 290 g/mol. The minimum absolute atomic E-state index is 0.191. The number of furan rings is 1. The lowest BCUT2D eigenvalue weighted by Gasteiger charge is -1.97. The number of carbonyl (C=O) groups is 1. The summed E-state index contributed by atoms with van der Waals surface area (Å²) in [7, 11) is 0. The Balaban J connectivity index is 1.85. The van der Waals surface area contributed by atoms with E-state index in [1.54, 1.807) is 11.3 Å². The zero-order valence-corrected chi connectivity index (χ0v) is 11.8. The molecule has 0 amide bonds. The number of aromatic nitrogens is 2. The molecule has 0 aliphatic rings. The van der Waals surface area contributed by atoms with Crippen LogP contribution in [-0.4, -0.2) is 20.5 Å². The van der Waals surface area contributed by atoms with Crippen LogP contribution in [0.25, 0.3) is 16.4 Å². The molecule has 0 radical (unpaired) electrons. The molecule has 0 saturated heterocycles. The highest BCUT2D eigenvalue weighted by atomic mass is 32.1. The minimum atomic E-state index is -0.756. The van der Waals surface area contributed by atoms with Gasteiger partial charge in [0.25, 0.3) is 0 Å². The molecule has 1 N–H and O–H groups in total. The van der Waals surface area contributed by atoms with Crippen molar-refractivity contribution in [2.45, 2.75) is 26.2 Å². The van der Waals surface area contributed by atoms with E-state index in [-0.39, 0.29) is 6.42 Å². The predicted molar refractivity (Wildman–Crippen MR) is 76.1 cm³/mol. The summed E-state index contributed by atoms with van der Waals surface area (Å²) in [4.78, 5) is 16.0. The maximum absolute atomic E-state index is 10.6. The van der Waals surface area contributed by atoms with E-state index in [0.29, 0.717) is 6.42 Å². The van der Waals surface area contributed by atoms with E-state index in [1.807, 2.05) is 35.0 Å². The summed E-state index contributed by atoms with van der Waals surface area (Å²) in [6.45, 7) is 1.90. The first-order valence-electron chi connectivity index (χ1n) is 6.37. The summed E-state index contributed by atoms with van der Waals surface area (Å²) >= 11 is 1.56. The van der Waals surface area contributed by atoms with Gasteiger partial charge in [0.1, 0.15) is 11.5 Å². The fourth-order valence-corrected chi connectivity index (χ4v) is 3.03. The highest BCUT2D eigenvalue weighted by molar-refractivity contribution is 7.15. The molecule has 3 heterocycles. The van der Waals surface area contributed by atoms with Crippen molar-refractivity contribution in [2.75, 3.05) is 0 Å². The Morgan fingerprint density at radius 1 is 1.50 bits per heavy atom. The maximum atomic E-state index is 10.6. The number of imidazole rings is 1. The Kier molecular flexibility index (Phi) is 3.31. The Labute approximate surface area is 119 Å². The summed E-state index contributed by atoms with van der Waals surface area (Å²) in [5, 5.41) is 10.7. The summed E-state index contributed by atoms with van der Waals surface area (Å²) < 4.78 is 7.59. The van der Waals surface area contributed by atoms with Crippen LogP contribution >= 0.6 is 11.3 Å². The molecule has 0 atom stereocenters. The van der Waals surface area contributed by atoms with Crippen molar-refractivity contribution >= 4 is 22.3 Å². The monoisotopic (exact) mass is 290 g/mol. The quantitative estimate of drug-likeness (QED) is 0.782. The summed E-state index contributed by atoms with van der Waals surface area (Å²) in [6, 6.07) is 3.82. The fourth-order valence-electron chi connectivity index (χ4n) is 2.12. The fraction of sp³-hybridized carbons (Fsp3) is 0.286. The van der Waals surface area contributed by atoms with Gasteiger partial charge in [-0.2, -0.15) is 0 Å². The Hall–Kier alpha value is -2.08. The number of hydrogen-bond acceptors (Lipinski definition) is 4. The van der Waals surface area contributed by atoms with Crippen molar-refractivity contribution in [3.63, 3.8) is 0 Å². The highest BCUT2D eigenvalue weighted by Crippen LogP contribution is 2.25. The van der Waals surface area contributed by atoms with E-state index in [2.05, 4.69) is 4.98 Å². The Morgan fingerprint density at radius 2 is 2.35 bits per heavy atom. The van der Waals surface area contributed by atoms with E-state index in [9.17, 15) is 4.79 Å². The molecular formula is C14H14N2O3S. The van der Waals surface area contributed by atoms with Crippen LogP contribution in [-0.2, 0) is 11.2 Å². The SMILES string of the molecule is Cc1ccc(-c2cn3c(CCCC(=O)O)csc3n2)o1. The summed E-state index contributed by atoms with van der Waals surface area (Å²) in [5.41, 5.74) is 1.90. The first-order valence-corrected chi connectivity index (χ1v) is 7.25. The molecule has 0 unspecified atom stereocenters. The van der Waals surface area contributed by atoms with E-state index >= 15 is 0 Å². The lowest BCUT2D eigenvalue weighted by Crippen LogP contribution is -1.97. The Morgan fingerprint density at radius 3 is 3.05 bits per heavy atom. The van der Waals surface area contributed by atoms with Gasteiger partial charge in [-0.3, -0.25) is 9.20 Å². The van der Waals surface area contributed by atoms with Crippen LogP contribution in [0.3, 0.4) is 0 Å². The van der Waals surface area contributed by atoms with Gasteiger partial charge < -0.3 is 9.52 Å². The Bertz CT molecular complexity index is 753. The highest BCUT2D eigenvalue weighted by Gasteiger charge is 2.12. The number of aliphatic carboxylic acids is 1. The zero-order valence-electron chi connectivity index (χ0n) is 11.0. The molecule has 0 spiro atoms. The van der Waals surface area contributed by atoms with Crippen LogP contribution in [0.2, 0.25) is 0 Å². The van der Waals surface area contributed by atoms with Gasteiger partial charge in [0.15, 0.2) is 10.7 Å². The van der Waals surface area contributed by atoms with Gasteiger partial charge in [-0.1, -0.05) is 0 Å². The second-order valence-electron chi connectivity index (χ2n) is 4.66. The van der Waals surface area contributed by atoms with E-state index in [4.69, 9.17) is 9.52 Å². The second-order valence-corrected chi connectivity index (χ2v) is 5.50. The topological polar surface area (TPSA) is 67.7 Å². The first-order chi connectivity index (χ1) is 9.63. The number of thiazole rings is 1. The molecule has 20 heavy (non-hydrogen) atoms. The van der Waals surface area contributed by atoms with Crippen molar-refractivity contribution in [3.05, 3.63) is 35.2 Å². The van der Waals surface area contributed by atoms with Crippen molar-refractivity contribution in [2.24, 2.45) is 0 Å². The van der Waals surface area contributed by atoms with Gasteiger partial charge in [0, 0.05) is 23.7 Å². The van der Waals surface area contributed by atoms with Crippen LogP contribution in [0, 0.1) is 6.92 Å². The van der Waals surface area contributed by atoms with Crippen molar-refractivity contribution in [3.8, 4) is 11.5 Å². The number of hydrogen-bond donors (Lipinski definition) is 1. The number of carboxylic acids is 1. The van der Waals surface area contributed by atoms with Gasteiger partial charge in [-0.25, -0.2) is 4.98 Å². The summed E-state index contributed by atoms with van der Waals surface area (Å²) in [6.07, 6.45) is 3.50. The number of nitrogens with zero attached hydrogens (tertiary/aromatic N) is 2. The van der Waals surface area contributed by atoms with Gasteiger partial charge in [0.05, 0.1) is 0 Å². The van der Waals surface area contributed by atoms with Gasteiger partial charge >= 0.3 is 5.97 Å². The molecular weight excluding hydrogens is 276 g/mol. The van der Waals surface area contributed by atoms with E-state index in [1.165, 1.54) is 0 Å².